The second-order valence-corrected chi connectivity index (χ2v) is 1.77. The number of nitrogens with zero attached hydrogens (tertiary/aromatic N) is 2. The summed E-state index contributed by atoms with van der Waals surface area (Å²) < 4.78 is 0.565. The molecule has 0 saturated heterocycles. The van der Waals surface area contributed by atoms with Gasteiger partial charge in [0.2, 0.25) is 0 Å². The van der Waals surface area contributed by atoms with Crippen LogP contribution in [0.4, 0.5) is 4.79 Å². The van der Waals surface area contributed by atoms with Gasteiger partial charge in [-0.3, -0.25) is 4.98 Å². The van der Waals surface area contributed by atoms with E-state index >= 15 is 0 Å². The van der Waals surface area contributed by atoms with Crippen molar-refractivity contribution in [3.05, 3.63) is 16.3 Å². The third kappa shape index (κ3) is 0.903. The summed E-state index contributed by atoms with van der Waals surface area (Å²) in [4.78, 5) is 23.2. The summed E-state index contributed by atoms with van der Waals surface area (Å²) in [5, 5.41) is 3.48. The minimum atomic E-state index is -0.880. The van der Waals surface area contributed by atoms with E-state index in [1.807, 2.05) is 0 Å². The molecule has 0 unspecified atom stereocenters. The molecular weight excluding hydrogens is 136 g/mol. The monoisotopic (exact) mass is 142 g/mol. The molecule has 54 valence electrons. The normalized spacial score (nSPS) is 9.70. The minimum absolute atomic E-state index is 0.365. The molecule has 0 atom stereocenters. The fourth-order valence-electron chi connectivity index (χ4n) is 0.577. The van der Waals surface area contributed by atoms with Crippen LogP contribution in [0.1, 0.15) is 5.82 Å². The summed E-state index contributed by atoms with van der Waals surface area (Å²) in [6.07, 6.45) is 0. The maximum Gasteiger partial charge on any atom is 0.352 e. The molecule has 0 aliphatic rings. The van der Waals surface area contributed by atoms with Crippen LogP contribution in [-0.4, -0.2) is 20.8 Å². The number of carbonyl (C=O) groups is 1. The molecule has 0 spiro atoms. The van der Waals surface area contributed by atoms with Crippen LogP contribution in [0.5, 0.6) is 0 Å². The number of hydrogen-bond donors (Lipinski definition) is 2. The lowest BCUT2D eigenvalue weighted by atomic mass is 10.8. The second-order valence-electron chi connectivity index (χ2n) is 1.77. The van der Waals surface area contributed by atoms with Crippen LogP contribution in [-0.2, 0) is 0 Å². The van der Waals surface area contributed by atoms with Crippen LogP contribution in [0.2, 0.25) is 0 Å². The molecule has 1 amide bonds. The maximum atomic E-state index is 10.6. The van der Waals surface area contributed by atoms with E-state index in [9.17, 15) is 9.59 Å². The van der Waals surface area contributed by atoms with Gasteiger partial charge in [0, 0.05) is 0 Å². The van der Waals surface area contributed by atoms with Crippen LogP contribution in [0.3, 0.4) is 0 Å². The Hall–Kier alpha value is -1.59. The largest absolute Gasteiger partial charge is 0.352 e. The van der Waals surface area contributed by atoms with Crippen molar-refractivity contribution in [2.24, 2.45) is 5.73 Å². The van der Waals surface area contributed by atoms with E-state index in [4.69, 9.17) is 5.73 Å². The number of rotatable bonds is 0. The van der Waals surface area contributed by atoms with Gasteiger partial charge in [-0.05, 0) is 6.92 Å². The van der Waals surface area contributed by atoms with Crippen LogP contribution in [0.15, 0.2) is 4.79 Å². The van der Waals surface area contributed by atoms with Crippen molar-refractivity contribution in [2.75, 3.05) is 0 Å². The lowest BCUT2D eigenvalue weighted by molar-refractivity contribution is 0.247. The van der Waals surface area contributed by atoms with Crippen LogP contribution in [0.25, 0.3) is 0 Å². The highest BCUT2D eigenvalue weighted by Crippen LogP contribution is 1.76. The molecule has 0 aliphatic carbocycles. The van der Waals surface area contributed by atoms with Gasteiger partial charge in [0.05, 0.1) is 0 Å². The first-order valence-electron chi connectivity index (χ1n) is 2.57. The predicted octanol–water partition coefficient (Wildman–Crippen LogP) is -1.19. The molecule has 6 nitrogen and oxygen atoms in total. The van der Waals surface area contributed by atoms with E-state index < -0.39 is 11.7 Å². The number of primary amides is 1. The molecule has 1 aromatic rings. The van der Waals surface area contributed by atoms with Gasteiger partial charge in [0.15, 0.2) is 0 Å². The average molecular weight is 142 g/mol. The van der Waals surface area contributed by atoms with Crippen molar-refractivity contribution < 1.29 is 4.79 Å². The molecule has 1 aromatic heterocycles. The Morgan fingerprint density at radius 1 is 1.80 bits per heavy atom. The summed E-state index contributed by atoms with van der Waals surface area (Å²) in [5.41, 5.74) is 4.16. The molecule has 1 rings (SSSR count). The number of carbonyl (C=O) groups excluding carboxylic acids is 1. The molecule has 0 aromatic carbocycles. The number of aromatic amines is 1. The van der Waals surface area contributed by atoms with E-state index in [-0.39, 0.29) is 0 Å². The predicted molar refractivity (Wildman–Crippen MR) is 32.6 cm³/mol. The zero-order valence-corrected chi connectivity index (χ0v) is 5.29. The number of hydrogen-bond acceptors (Lipinski definition) is 3. The molecule has 3 N–H and O–H groups in total. The van der Waals surface area contributed by atoms with Crippen molar-refractivity contribution in [1.29, 1.82) is 0 Å². The third-order valence-electron chi connectivity index (χ3n) is 0.939. The quantitative estimate of drug-likeness (QED) is 0.476. The molecule has 10 heavy (non-hydrogen) atoms. The molecule has 6 heteroatoms. The second kappa shape index (κ2) is 1.98. The van der Waals surface area contributed by atoms with Gasteiger partial charge < -0.3 is 5.73 Å². The molecule has 0 radical (unpaired) electrons. The first kappa shape index (κ1) is 6.53. The summed E-state index contributed by atoms with van der Waals surface area (Å²) in [7, 11) is 0. The highest BCUT2D eigenvalue weighted by molar-refractivity contribution is 5.73. The Bertz CT molecular complexity index is 309. The Balaban J connectivity index is 3.29. The van der Waals surface area contributed by atoms with Gasteiger partial charge in [-0.15, -0.1) is 9.78 Å². The van der Waals surface area contributed by atoms with Gasteiger partial charge in [-0.1, -0.05) is 0 Å². The van der Waals surface area contributed by atoms with E-state index in [0.717, 1.165) is 0 Å². The van der Waals surface area contributed by atoms with E-state index in [1.54, 1.807) is 6.92 Å². The van der Waals surface area contributed by atoms with Gasteiger partial charge in [-0.2, -0.15) is 0 Å². The van der Waals surface area contributed by atoms with Crippen molar-refractivity contribution in [2.45, 2.75) is 6.92 Å². The molecule has 0 fully saturated rings. The topological polar surface area (TPSA) is 93.8 Å². The summed E-state index contributed by atoms with van der Waals surface area (Å²) in [6, 6.07) is -0.880. The van der Waals surface area contributed by atoms with E-state index in [2.05, 4.69) is 10.1 Å². The fraction of sp³-hybridized carbons (Fsp3) is 0.250. The highest BCUT2D eigenvalue weighted by Gasteiger charge is 2.04. The molecule has 0 saturated carbocycles. The van der Waals surface area contributed by atoms with Crippen LogP contribution in [0, 0.1) is 6.92 Å². The first-order chi connectivity index (χ1) is 4.61. The Morgan fingerprint density at radius 3 is 2.60 bits per heavy atom. The number of amides is 1. The van der Waals surface area contributed by atoms with Crippen LogP contribution >= 0.6 is 0 Å². The van der Waals surface area contributed by atoms with Crippen molar-refractivity contribution in [1.82, 2.24) is 14.8 Å². The lowest BCUT2D eigenvalue weighted by Gasteiger charge is -1.85. The van der Waals surface area contributed by atoms with Crippen LogP contribution < -0.4 is 11.4 Å². The summed E-state index contributed by atoms with van der Waals surface area (Å²) in [6.45, 7) is 1.56. The van der Waals surface area contributed by atoms with Crippen molar-refractivity contribution >= 4 is 6.03 Å². The number of nitrogens with two attached hydrogens (primary N) is 1. The zero-order valence-electron chi connectivity index (χ0n) is 5.29. The van der Waals surface area contributed by atoms with E-state index in [1.165, 1.54) is 0 Å². The molecule has 1 heterocycles. The zero-order chi connectivity index (χ0) is 7.72. The fourth-order valence-corrected chi connectivity index (χ4v) is 0.577. The number of H-pyrrole nitrogens is 1. The number of aromatic nitrogens is 3. The molecule has 0 aliphatic heterocycles. The average Bonchev–Trinajstić information content (AvgIpc) is 2.10. The SMILES string of the molecule is Cc1nn(C(N)=O)c(=O)[nH]1. The molecule has 0 bridgehead atoms. The highest BCUT2D eigenvalue weighted by atomic mass is 16.2. The Labute approximate surface area is 55.7 Å². The Kier molecular flexibility index (Phi) is 1.29. The minimum Gasteiger partial charge on any atom is -0.350 e. The lowest BCUT2D eigenvalue weighted by Crippen LogP contribution is -2.30. The molecular formula is C4H6N4O2. The summed E-state index contributed by atoms with van der Waals surface area (Å²) >= 11 is 0. The summed E-state index contributed by atoms with van der Waals surface area (Å²) in [5.74, 6) is 0.365. The Morgan fingerprint density at radius 2 is 2.40 bits per heavy atom. The van der Waals surface area contributed by atoms with Crippen molar-refractivity contribution in [3.8, 4) is 0 Å². The first-order valence-corrected chi connectivity index (χ1v) is 2.57. The van der Waals surface area contributed by atoms with Gasteiger partial charge >= 0.3 is 11.7 Å². The maximum absolute atomic E-state index is 10.6. The number of nitrogens with one attached hydrogen (secondary N) is 1. The standard InChI is InChI=1S/C4H6N4O2/c1-2-6-4(10)8(7-2)3(5)9/h1H3,(H2,5,9)(H,6,7,10). The van der Waals surface area contributed by atoms with Gasteiger partial charge in [-0.25, -0.2) is 9.59 Å². The van der Waals surface area contributed by atoms with Gasteiger partial charge in [0.1, 0.15) is 5.82 Å². The third-order valence-corrected chi connectivity index (χ3v) is 0.939. The number of aryl methyl sites for hydroxylation is 1. The van der Waals surface area contributed by atoms with E-state index in [0.29, 0.717) is 10.5 Å². The smallest absolute Gasteiger partial charge is 0.350 e. The van der Waals surface area contributed by atoms with Crippen molar-refractivity contribution in [3.63, 3.8) is 0 Å². The van der Waals surface area contributed by atoms with Gasteiger partial charge in [0.25, 0.3) is 0 Å².